The van der Waals surface area contributed by atoms with Gasteiger partial charge in [0.2, 0.25) is 5.76 Å². The fraction of sp³-hybridized carbons (Fsp3) is 0.615. The highest BCUT2D eigenvalue weighted by molar-refractivity contribution is 5.84. The molecule has 1 aromatic heterocycles. The van der Waals surface area contributed by atoms with Crippen LogP contribution in [0.25, 0.3) is 0 Å². The Bertz CT molecular complexity index is 487. The van der Waals surface area contributed by atoms with Crippen LogP contribution in [0.5, 0.6) is 0 Å². The highest BCUT2D eigenvalue weighted by atomic mass is 19.4. The lowest BCUT2D eigenvalue weighted by atomic mass is 10.1. The van der Waals surface area contributed by atoms with E-state index in [0.29, 0.717) is 31.9 Å². The lowest BCUT2D eigenvalue weighted by Crippen LogP contribution is -2.33. The van der Waals surface area contributed by atoms with E-state index < -0.39 is 18.7 Å². The van der Waals surface area contributed by atoms with Gasteiger partial charge >= 0.3 is 12.1 Å². The van der Waals surface area contributed by atoms with Gasteiger partial charge in [0.1, 0.15) is 5.76 Å². The summed E-state index contributed by atoms with van der Waals surface area (Å²) in [6.45, 7) is 0.963. The summed E-state index contributed by atoms with van der Waals surface area (Å²) in [6, 6.07) is 2.95. The maximum atomic E-state index is 12.3. The number of alkyl halides is 3. The van der Waals surface area contributed by atoms with E-state index in [2.05, 4.69) is 5.32 Å². The van der Waals surface area contributed by atoms with Gasteiger partial charge in [0.15, 0.2) is 0 Å². The van der Waals surface area contributed by atoms with Gasteiger partial charge in [-0.25, -0.2) is 4.79 Å². The summed E-state index contributed by atoms with van der Waals surface area (Å²) in [6.07, 6.45) is -3.43. The zero-order chi connectivity index (χ0) is 15.5. The minimum atomic E-state index is -4.15. The van der Waals surface area contributed by atoms with Crippen molar-refractivity contribution in [3.05, 3.63) is 23.7 Å². The summed E-state index contributed by atoms with van der Waals surface area (Å²) in [7, 11) is 0. The Morgan fingerprint density at radius 2 is 2.24 bits per heavy atom. The Hall–Kier alpha value is -1.54. The molecule has 0 amide bonds. The van der Waals surface area contributed by atoms with E-state index in [1.54, 1.807) is 6.07 Å². The molecule has 0 radical (unpaired) electrons. The fourth-order valence-electron chi connectivity index (χ4n) is 2.46. The van der Waals surface area contributed by atoms with E-state index in [-0.39, 0.29) is 11.7 Å². The van der Waals surface area contributed by atoms with E-state index in [9.17, 15) is 18.0 Å². The van der Waals surface area contributed by atoms with Crippen molar-refractivity contribution >= 4 is 5.97 Å². The van der Waals surface area contributed by atoms with Gasteiger partial charge in [0.25, 0.3) is 0 Å². The van der Waals surface area contributed by atoms with E-state index >= 15 is 0 Å². The minimum Gasteiger partial charge on any atom is -0.475 e. The number of nitrogens with zero attached hydrogens (tertiary/aromatic N) is 1. The van der Waals surface area contributed by atoms with Crippen LogP contribution < -0.4 is 5.32 Å². The number of hydrogen-bond acceptors (Lipinski definition) is 4. The van der Waals surface area contributed by atoms with Crippen LogP contribution in [0.2, 0.25) is 0 Å². The first-order chi connectivity index (χ1) is 9.83. The molecule has 8 heteroatoms. The largest absolute Gasteiger partial charge is 0.475 e. The second-order valence-corrected chi connectivity index (χ2v) is 5.21. The third-order valence-electron chi connectivity index (χ3n) is 3.38. The number of halogens is 3. The summed E-state index contributed by atoms with van der Waals surface area (Å²) < 4.78 is 41.8. The van der Waals surface area contributed by atoms with Gasteiger partial charge in [-0.3, -0.25) is 4.90 Å². The summed E-state index contributed by atoms with van der Waals surface area (Å²) in [4.78, 5) is 12.0. The Morgan fingerprint density at radius 3 is 2.86 bits per heavy atom. The van der Waals surface area contributed by atoms with Gasteiger partial charge in [-0.05, 0) is 37.6 Å². The van der Waals surface area contributed by atoms with E-state index in [4.69, 9.17) is 9.52 Å². The number of carboxylic acid groups (broad SMARTS) is 1. The van der Waals surface area contributed by atoms with Gasteiger partial charge < -0.3 is 14.8 Å². The molecule has 1 unspecified atom stereocenters. The molecule has 1 atom stereocenters. The van der Waals surface area contributed by atoms with Gasteiger partial charge in [-0.2, -0.15) is 13.2 Å². The fourth-order valence-corrected chi connectivity index (χ4v) is 2.46. The minimum absolute atomic E-state index is 0.121. The molecule has 1 saturated heterocycles. The molecule has 0 spiro atoms. The number of likely N-dealkylation sites (tertiary alicyclic amines) is 1. The Balaban J connectivity index is 1.68. The maximum absolute atomic E-state index is 12.3. The van der Waals surface area contributed by atoms with E-state index in [1.807, 2.05) is 0 Å². The smallest absolute Gasteiger partial charge is 0.401 e. The number of rotatable bonds is 6. The van der Waals surface area contributed by atoms with Gasteiger partial charge in [0, 0.05) is 6.54 Å². The molecule has 0 bridgehead atoms. The Labute approximate surface area is 119 Å². The average Bonchev–Trinajstić information content (AvgIpc) is 2.97. The molecular formula is C13H17F3N2O3. The van der Waals surface area contributed by atoms with Crippen LogP contribution in [0.4, 0.5) is 13.2 Å². The molecule has 5 nitrogen and oxygen atoms in total. The normalized spacial score (nSPS) is 20.0. The quantitative estimate of drug-likeness (QED) is 0.841. The lowest BCUT2D eigenvalue weighted by Gasteiger charge is -2.17. The van der Waals surface area contributed by atoms with Crippen LogP contribution in [-0.2, 0) is 6.54 Å². The van der Waals surface area contributed by atoms with Crippen LogP contribution in [-0.4, -0.2) is 48.3 Å². The zero-order valence-electron chi connectivity index (χ0n) is 11.3. The second kappa shape index (κ2) is 6.48. The Kier molecular flexibility index (Phi) is 4.89. The lowest BCUT2D eigenvalue weighted by molar-refractivity contribution is -0.143. The third-order valence-corrected chi connectivity index (χ3v) is 3.38. The number of hydrogen-bond donors (Lipinski definition) is 2. The highest BCUT2D eigenvalue weighted by Crippen LogP contribution is 2.22. The molecule has 1 aliphatic heterocycles. The van der Waals surface area contributed by atoms with E-state index in [1.165, 1.54) is 11.0 Å². The number of aromatic carboxylic acids is 1. The zero-order valence-corrected chi connectivity index (χ0v) is 11.3. The van der Waals surface area contributed by atoms with Crippen molar-refractivity contribution in [1.82, 2.24) is 10.2 Å². The molecule has 0 saturated carbocycles. The number of carbonyl (C=O) groups is 1. The Morgan fingerprint density at radius 1 is 1.48 bits per heavy atom. The van der Waals surface area contributed by atoms with Crippen LogP contribution in [0.3, 0.4) is 0 Å². The van der Waals surface area contributed by atoms with Crippen LogP contribution in [0, 0.1) is 5.92 Å². The monoisotopic (exact) mass is 306 g/mol. The second-order valence-electron chi connectivity index (χ2n) is 5.21. The summed E-state index contributed by atoms with van der Waals surface area (Å²) in [5.74, 6) is -0.581. The molecule has 2 heterocycles. The number of carboxylic acids is 1. The van der Waals surface area contributed by atoms with Gasteiger partial charge in [-0.1, -0.05) is 0 Å². The van der Waals surface area contributed by atoms with Crippen molar-refractivity contribution < 1.29 is 27.5 Å². The van der Waals surface area contributed by atoms with Crippen molar-refractivity contribution in [2.75, 3.05) is 26.2 Å². The molecule has 118 valence electrons. The molecule has 2 N–H and O–H groups in total. The summed E-state index contributed by atoms with van der Waals surface area (Å²) in [5, 5.41) is 11.8. The molecule has 1 aromatic rings. The van der Waals surface area contributed by atoms with Crippen molar-refractivity contribution in [2.24, 2.45) is 5.92 Å². The highest BCUT2D eigenvalue weighted by Gasteiger charge is 2.34. The third kappa shape index (κ3) is 5.05. The van der Waals surface area contributed by atoms with Gasteiger partial charge in [0.05, 0.1) is 13.1 Å². The molecule has 2 rings (SSSR count). The number of nitrogens with one attached hydrogen (secondary N) is 1. The molecule has 1 aliphatic rings. The molecular weight excluding hydrogens is 289 g/mol. The van der Waals surface area contributed by atoms with Gasteiger partial charge in [-0.15, -0.1) is 0 Å². The molecule has 0 aromatic carbocycles. The first-order valence-electron chi connectivity index (χ1n) is 6.65. The molecule has 1 fully saturated rings. The molecule has 21 heavy (non-hydrogen) atoms. The first kappa shape index (κ1) is 15.8. The van der Waals surface area contributed by atoms with E-state index in [0.717, 1.165) is 6.42 Å². The maximum Gasteiger partial charge on any atom is 0.401 e. The van der Waals surface area contributed by atoms with Crippen LogP contribution in [0.1, 0.15) is 22.7 Å². The first-order valence-corrected chi connectivity index (χ1v) is 6.65. The average molecular weight is 306 g/mol. The number of furan rings is 1. The van der Waals surface area contributed by atoms with Crippen molar-refractivity contribution in [1.29, 1.82) is 0 Å². The van der Waals surface area contributed by atoms with Crippen molar-refractivity contribution in [2.45, 2.75) is 19.1 Å². The van der Waals surface area contributed by atoms with Crippen LogP contribution in [0.15, 0.2) is 16.5 Å². The van der Waals surface area contributed by atoms with Crippen LogP contribution >= 0.6 is 0 Å². The predicted octanol–water partition coefficient (Wildman–Crippen LogP) is 1.95. The topological polar surface area (TPSA) is 65.7 Å². The standard InChI is InChI=1S/C13H17F3N2O3/c14-13(15,16)8-18-4-3-9(7-18)5-17-6-10-1-2-11(21-10)12(19)20/h1-2,9,17H,3-8H2,(H,19,20). The SMILES string of the molecule is O=C(O)c1ccc(CNCC2CCN(CC(F)(F)F)C2)o1. The van der Waals surface area contributed by atoms with Crippen molar-refractivity contribution in [3.8, 4) is 0 Å². The van der Waals surface area contributed by atoms with Crippen molar-refractivity contribution in [3.63, 3.8) is 0 Å². The summed E-state index contributed by atoms with van der Waals surface area (Å²) in [5.41, 5.74) is 0. The predicted molar refractivity (Wildman–Crippen MR) is 68.0 cm³/mol. The summed E-state index contributed by atoms with van der Waals surface area (Å²) >= 11 is 0. The molecule has 0 aliphatic carbocycles.